The minimum Gasteiger partial charge on any atom is -0.496 e. The Balaban J connectivity index is 2.17. The number of carbonyl (C=O) groups is 1. The summed E-state index contributed by atoms with van der Waals surface area (Å²) in [5.41, 5.74) is 2.07. The van der Waals surface area contributed by atoms with Gasteiger partial charge in [0.05, 0.1) is 20.2 Å². The number of ketones is 1. The van der Waals surface area contributed by atoms with Crippen molar-refractivity contribution in [3.63, 3.8) is 0 Å². The van der Waals surface area contributed by atoms with E-state index in [9.17, 15) is 4.79 Å². The molecule has 1 aromatic carbocycles. The molecule has 100 valence electrons. The average Bonchev–Trinajstić information content (AvgIpc) is 2.70. The SMILES string of the molecule is COc1ccc(CC(=O)c2cc(C)c(Br)s2)cc1Br. The number of Topliss-reactive ketones (excluding diaryl/α,β-unsaturated/α-hetero) is 1. The summed E-state index contributed by atoms with van der Waals surface area (Å²) in [6.45, 7) is 1.99. The summed E-state index contributed by atoms with van der Waals surface area (Å²) in [4.78, 5) is 13.0. The highest BCUT2D eigenvalue weighted by Crippen LogP contribution is 2.29. The molecule has 2 aromatic rings. The van der Waals surface area contributed by atoms with E-state index in [1.54, 1.807) is 7.11 Å². The van der Waals surface area contributed by atoms with Crippen LogP contribution in [0.15, 0.2) is 32.5 Å². The Morgan fingerprint density at radius 3 is 2.58 bits per heavy atom. The molecule has 0 spiro atoms. The van der Waals surface area contributed by atoms with Crippen molar-refractivity contribution in [1.29, 1.82) is 0 Å². The smallest absolute Gasteiger partial charge is 0.177 e. The standard InChI is InChI=1S/C14H12Br2O2S/c1-8-5-13(19-14(8)16)11(17)7-9-3-4-12(18-2)10(15)6-9/h3-6H,7H2,1-2H3. The van der Waals surface area contributed by atoms with E-state index in [2.05, 4.69) is 31.9 Å². The lowest BCUT2D eigenvalue weighted by Crippen LogP contribution is -2.01. The van der Waals surface area contributed by atoms with Gasteiger partial charge in [-0.25, -0.2) is 0 Å². The van der Waals surface area contributed by atoms with Crippen molar-refractivity contribution in [2.24, 2.45) is 0 Å². The van der Waals surface area contributed by atoms with E-state index in [0.717, 1.165) is 30.0 Å². The minimum absolute atomic E-state index is 0.135. The molecule has 0 amide bonds. The van der Waals surface area contributed by atoms with Crippen molar-refractivity contribution in [2.75, 3.05) is 7.11 Å². The van der Waals surface area contributed by atoms with Crippen LogP contribution in [0, 0.1) is 6.92 Å². The van der Waals surface area contributed by atoms with Gasteiger partial charge in [0.1, 0.15) is 5.75 Å². The van der Waals surface area contributed by atoms with E-state index in [4.69, 9.17) is 4.74 Å². The monoisotopic (exact) mass is 402 g/mol. The molecule has 0 aliphatic rings. The van der Waals surface area contributed by atoms with E-state index < -0.39 is 0 Å². The number of thiophene rings is 1. The Morgan fingerprint density at radius 2 is 2.05 bits per heavy atom. The Bertz CT molecular complexity index is 600. The number of rotatable bonds is 4. The second-order valence-corrected chi connectivity index (χ2v) is 7.36. The molecule has 0 atom stereocenters. The number of benzene rings is 1. The molecular formula is C14H12Br2O2S. The van der Waals surface area contributed by atoms with Gasteiger partial charge in [-0.15, -0.1) is 11.3 Å². The molecule has 1 heterocycles. The van der Waals surface area contributed by atoms with Gasteiger partial charge in [-0.2, -0.15) is 0 Å². The van der Waals surface area contributed by atoms with Gasteiger partial charge in [0.15, 0.2) is 5.78 Å². The van der Waals surface area contributed by atoms with Crippen LogP contribution in [0.5, 0.6) is 5.75 Å². The zero-order chi connectivity index (χ0) is 14.0. The van der Waals surface area contributed by atoms with Gasteiger partial charge >= 0.3 is 0 Å². The number of halogens is 2. The zero-order valence-electron chi connectivity index (χ0n) is 10.5. The highest BCUT2D eigenvalue weighted by atomic mass is 79.9. The molecule has 0 aliphatic heterocycles. The van der Waals surface area contributed by atoms with E-state index >= 15 is 0 Å². The summed E-state index contributed by atoms with van der Waals surface area (Å²) in [6, 6.07) is 7.63. The first kappa shape index (κ1) is 14.8. The average molecular weight is 404 g/mol. The first-order chi connectivity index (χ1) is 9.01. The first-order valence-corrected chi connectivity index (χ1v) is 8.03. The number of ether oxygens (including phenoxy) is 1. The molecule has 2 rings (SSSR count). The van der Waals surface area contributed by atoms with Crippen LogP contribution in [0.25, 0.3) is 0 Å². The van der Waals surface area contributed by atoms with Crippen molar-refractivity contribution in [2.45, 2.75) is 13.3 Å². The van der Waals surface area contributed by atoms with E-state index in [1.807, 2.05) is 31.2 Å². The van der Waals surface area contributed by atoms with Gasteiger partial charge in [0.25, 0.3) is 0 Å². The number of aryl methyl sites for hydroxylation is 1. The molecule has 0 aliphatic carbocycles. The fourth-order valence-corrected chi connectivity index (χ4v) is 3.75. The van der Waals surface area contributed by atoms with Crippen molar-refractivity contribution in [3.8, 4) is 5.75 Å². The number of hydrogen-bond acceptors (Lipinski definition) is 3. The Hall–Kier alpha value is -0.650. The molecule has 0 saturated carbocycles. The summed E-state index contributed by atoms with van der Waals surface area (Å²) in [5, 5.41) is 0. The normalized spacial score (nSPS) is 10.5. The molecule has 0 fully saturated rings. The van der Waals surface area contributed by atoms with E-state index in [0.29, 0.717) is 6.42 Å². The van der Waals surface area contributed by atoms with E-state index in [-0.39, 0.29) is 5.78 Å². The minimum atomic E-state index is 0.135. The highest BCUT2D eigenvalue weighted by Gasteiger charge is 2.12. The third-order valence-electron chi connectivity index (χ3n) is 2.71. The summed E-state index contributed by atoms with van der Waals surface area (Å²) in [6.07, 6.45) is 0.398. The van der Waals surface area contributed by atoms with Crippen LogP contribution < -0.4 is 4.74 Å². The van der Waals surface area contributed by atoms with Gasteiger partial charge in [0, 0.05) is 6.42 Å². The topological polar surface area (TPSA) is 26.3 Å². The molecular weight excluding hydrogens is 392 g/mol. The summed E-state index contributed by atoms with van der Waals surface area (Å²) >= 11 is 8.35. The summed E-state index contributed by atoms with van der Waals surface area (Å²) in [7, 11) is 1.62. The summed E-state index contributed by atoms with van der Waals surface area (Å²) in [5.74, 6) is 0.904. The van der Waals surface area contributed by atoms with Crippen molar-refractivity contribution < 1.29 is 9.53 Å². The van der Waals surface area contributed by atoms with Gasteiger partial charge in [0.2, 0.25) is 0 Å². The largest absolute Gasteiger partial charge is 0.496 e. The third-order valence-corrected chi connectivity index (χ3v) is 5.51. The van der Waals surface area contributed by atoms with Crippen LogP contribution in [0.3, 0.4) is 0 Å². The maximum Gasteiger partial charge on any atom is 0.177 e. The Kier molecular flexibility index (Phi) is 4.81. The van der Waals surface area contributed by atoms with Crippen LogP contribution in [0.2, 0.25) is 0 Å². The molecule has 1 aromatic heterocycles. The maximum absolute atomic E-state index is 12.2. The summed E-state index contributed by atoms with van der Waals surface area (Å²) < 4.78 is 7.06. The molecule has 2 nitrogen and oxygen atoms in total. The molecule has 0 bridgehead atoms. The Morgan fingerprint density at radius 1 is 1.32 bits per heavy atom. The third kappa shape index (κ3) is 3.46. The zero-order valence-corrected chi connectivity index (χ0v) is 14.5. The first-order valence-electron chi connectivity index (χ1n) is 5.63. The molecule has 0 saturated heterocycles. The quantitative estimate of drug-likeness (QED) is 0.670. The van der Waals surface area contributed by atoms with Crippen molar-refractivity contribution >= 4 is 49.0 Å². The van der Waals surface area contributed by atoms with Crippen molar-refractivity contribution in [1.82, 2.24) is 0 Å². The van der Waals surface area contributed by atoms with Crippen LogP contribution >= 0.6 is 43.2 Å². The lowest BCUT2D eigenvalue weighted by atomic mass is 10.1. The number of methoxy groups -OCH3 is 1. The fourth-order valence-electron chi connectivity index (χ4n) is 1.69. The fraction of sp³-hybridized carbons (Fsp3) is 0.214. The highest BCUT2D eigenvalue weighted by molar-refractivity contribution is 9.11. The lowest BCUT2D eigenvalue weighted by molar-refractivity contribution is 0.0996. The van der Waals surface area contributed by atoms with Gasteiger partial charge < -0.3 is 4.74 Å². The molecule has 19 heavy (non-hydrogen) atoms. The predicted molar refractivity (Wildman–Crippen MR) is 85.5 cm³/mol. The van der Waals surface area contributed by atoms with Crippen molar-refractivity contribution in [3.05, 3.63) is 48.5 Å². The second-order valence-electron chi connectivity index (χ2n) is 4.14. The van der Waals surface area contributed by atoms with Crippen LogP contribution in [-0.4, -0.2) is 12.9 Å². The number of hydrogen-bond donors (Lipinski definition) is 0. The van der Waals surface area contributed by atoms with Gasteiger partial charge in [-0.3, -0.25) is 4.79 Å². The van der Waals surface area contributed by atoms with Crippen LogP contribution in [-0.2, 0) is 6.42 Å². The molecule has 0 unspecified atom stereocenters. The van der Waals surface area contributed by atoms with E-state index in [1.165, 1.54) is 11.3 Å². The Labute approximate surface area is 133 Å². The van der Waals surface area contributed by atoms with Gasteiger partial charge in [-0.1, -0.05) is 6.07 Å². The predicted octanol–water partition coefficient (Wildman–Crippen LogP) is 5.02. The molecule has 0 radical (unpaired) electrons. The van der Waals surface area contributed by atoms with Crippen LogP contribution in [0.1, 0.15) is 20.8 Å². The number of carbonyl (C=O) groups excluding carboxylic acids is 1. The second kappa shape index (κ2) is 6.20. The van der Waals surface area contributed by atoms with Gasteiger partial charge in [-0.05, 0) is 68.1 Å². The lowest BCUT2D eigenvalue weighted by Gasteiger charge is -2.05. The molecule has 0 N–H and O–H groups in total. The van der Waals surface area contributed by atoms with Crippen LogP contribution in [0.4, 0.5) is 0 Å². The maximum atomic E-state index is 12.2. The molecule has 5 heteroatoms.